The lowest BCUT2D eigenvalue weighted by Gasteiger charge is -2.23. The van der Waals surface area contributed by atoms with E-state index in [1.165, 1.54) is 18.7 Å². The third-order valence-electron chi connectivity index (χ3n) is 4.90. The average molecular weight is 461 g/mol. The number of nitrogens with one attached hydrogen (secondary N) is 3. The normalized spacial score (nSPS) is 14.3. The van der Waals surface area contributed by atoms with Crippen LogP contribution in [0.3, 0.4) is 0 Å². The van der Waals surface area contributed by atoms with Gasteiger partial charge >= 0.3 is 11.8 Å². The number of rotatable bonds is 5. The van der Waals surface area contributed by atoms with Crippen LogP contribution in [0.1, 0.15) is 48.0 Å². The SMILES string of the molecule is O=C(N/N=C\c1ccc(Cl)cc1Cl)C(=O)Nc1ccccc1C(=O)NC1CCCCC1. The minimum Gasteiger partial charge on any atom is -0.349 e. The summed E-state index contributed by atoms with van der Waals surface area (Å²) >= 11 is 11.9. The Morgan fingerprint density at radius 1 is 0.968 bits per heavy atom. The molecule has 1 aliphatic carbocycles. The standard InChI is InChI=1S/C22H22Cl2N4O3/c23-15-11-10-14(18(24)12-15)13-25-28-22(31)21(30)27-19-9-5-4-8-17(19)20(29)26-16-6-2-1-3-7-16/h4-5,8-13,16H,1-3,6-7H2,(H,26,29)(H,27,30)(H,28,31)/b25-13-. The summed E-state index contributed by atoms with van der Waals surface area (Å²) in [5.41, 5.74) is 3.21. The molecule has 0 radical (unpaired) electrons. The first kappa shape index (κ1) is 22.8. The number of benzene rings is 2. The van der Waals surface area contributed by atoms with E-state index in [1.807, 2.05) is 0 Å². The smallest absolute Gasteiger partial charge is 0.329 e. The van der Waals surface area contributed by atoms with Crippen molar-refractivity contribution < 1.29 is 14.4 Å². The molecule has 9 heteroatoms. The van der Waals surface area contributed by atoms with Gasteiger partial charge < -0.3 is 10.6 Å². The molecule has 0 aliphatic heterocycles. The lowest BCUT2D eigenvalue weighted by Crippen LogP contribution is -2.37. The Morgan fingerprint density at radius 3 is 2.45 bits per heavy atom. The summed E-state index contributed by atoms with van der Waals surface area (Å²) in [5.74, 6) is -2.21. The number of carbonyl (C=O) groups is 3. The highest BCUT2D eigenvalue weighted by Crippen LogP contribution is 2.21. The topological polar surface area (TPSA) is 99.7 Å². The molecular weight excluding hydrogens is 439 g/mol. The van der Waals surface area contributed by atoms with Crippen molar-refractivity contribution in [2.45, 2.75) is 38.1 Å². The molecule has 3 N–H and O–H groups in total. The van der Waals surface area contributed by atoms with Crippen LogP contribution in [0.25, 0.3) is 0 Å². The largest absolute Gasteiger partial charge is 0.349 e. The third kappa shape index (κ3) is 6.54. The van der Waals surface area contributed by atoms with Crippen molar-refractivity contribution in [2.75, 3.05) is 5.32 Å². The Kier molecular flexibility index (Phi) is 8.03. The highest BCUT2D eigenvalue weighted by molar-refractivity contribution is 6.40. The van der Waals surface area contributed by atoms with Gasteiger partial charge in [0.25, 0.3) is 5.91 Å². The van der Waals surface area contributed by atoms with Crippen LogP contribution in [0, 0.1) is 0 Å². The second-order valence-electron chi connectivity index (χ2n) is 7.17. The average Bonchev–Trinajstić information content (AvgIpc) is 2.76. The second-order valence-corrected chi connectivity index (χ2v) is 8.02. The molecule has 0 atom stereocenters. The van der Waals surface area contributed by atoms with E-state index in [4.69, 9.17) is 23.2 Å². The van der Waals surface area contributed by atoms with E-state index in [-0.39, 0.29) is 17.6 Å². The van der Waals surface area contributed by atoms with E-state index in [1.54, 1.807) is 36.4 Å². The molecule has 7 nitrogen and oxygen atoms in total. The number of carbonyl (C=O) groups excluding carboxylic acids is 3. The molecule has 0 bridgehead atoms. The monoisotopic (exact) mass is 460 g/mol. The highest BCUT2D eigenvalue weighted by atomic mass is 35.5. The van der Waals surface area contributed by atoms with Gasteiger partial charge in [-0.15, -0.1) is 0 Å². The summed E-state index contributed by atoms with van der Waals surface area (Å²) < 4.78 is 0. The number of nitrogens with zero attached hydrogens (tertiary/aromatic N) is 1. The van der Waals surface area contributed by atoms with Crippen molar-refractivity contribution in [3.05, 3.63) is 63.6 Å². The molecule has 162 valence electrons. The van der Waals surface area contributed by atoms with Gasteiger partial charge in [-0.1, -0.05) is 60.7 Å². The molecule has 0 heterocycles. The molecule has 2 aromatic carbocycles. The maximum absolute atomic E-state index is 12.7. The van der Waals surface area contributed by atoms with Gasteiger partial charge in [-0.05, 0) is 37.1 Å². The second kappa shape index (κ2) is 10.9. The Bertz CT molecular complexity index is 1000. The lowest BCUT2D eigenvalue weighted by atomic mass is 9.95. The van der Waals surface area contributed by atoms with Crippen molar-refractivity contribution >= 4 is 52.8 Å². The van der Waals surface area contributed by atoms with Gasteiger partial charge in [-0.2, -0.15) is 5.10 Å². The number of hydrogen-bond donors (Lipinski definition) is 3. The Balaban J connectivity index is 1.60. The Hall–Kier alpha value is -2.90. The Morgan fingerprint density at radius 2 is 1.71 bits per heavy atom. The number of anilines is 1. The third-order valence-corrected chi connectivity index (χ3v) is 5.46. The Labute approximate surface area is 190 Å². The van der Waals surface area contributed by atoms with Crippen LogP contribution in [-0.2, 0) is 9.59 Å². The van der Waals surface area contributed by atoms with Crippen molar-refractivity contribution in [1.29, 1.82) is 0 Å². The number of halogens is 2. The van der Waals surface area contributed by atoms with Crippen LogP contribution in [0.5, 0.6) is 0 Å². The fourth-order valence-corrected chi connectivity index (χ4v) is 3.75. The maximum Gasteiger partial charge on any atom is 0.329 e. The number of para-hydroxylation sites is 1. The molecule has 31 heavy (non-hydrogen) atoms. The number of amides is 3. The minimum atomic E-state index is -0.983. The van der Waals surface area contributed by atoms with E-state index < -0.39 is 11.8 Å². The van der Waals surface area contributed by atoms with Gasteiger partial charge in [0, 0.05) is 16.6 Å². The molecule has 1 fully saturated rings. The minimum absolute atomic E-state index is 0.127. The van der Waals surface area contributed by atoms with Gasteiger partial charge in [-0.3, -0.25) is 14.4 Å². The molecule has 0 unspecified atom stereocenters. The summed E-state index contributed by atoms with van der Waals surface area (Å²) in [5, 5.41) is 10.0. The zero-order chi connectivity index (χ0) is 22.2. The molecule has 3 rings (SSSR count). The predicted octanol–water partition coefficient (Wildman–Crippen LogP) is 4.14. The van der Waals surface area contributed by atoms with E-state index in [0.29, 0.717) is 21.2 Å². The summed E-state index contributed by atoms with van der Waals surface area (Å²) in [4.78, 5) is 37.0. The summed E-state index contributed by atoms with van der Waals surface area (Å²) in [6, 6.07) is 11.5. The first-order valence-electron chi connectivity index (χ1n) is 9.93. The molecule has 0 aromatic heterocycles. The predicted molar refractivity (Wildman–Crippen MR) is 122 cm³/mol. The van der Waals surface area contributed by atoms with Crippen molar-refractivity contribution in [3.63, 3.8) is 0 Å². The summed E-state index contributed by atoms with van der Waals surface area (Å²) in [6.07, 6.45) is 6.55. The van der Waals surface area contributed by atoms with E-state index in [0.717, 1.165) is 25.7 Å². The van der Waals surface area contributed by atoms with Gasteiger partial charge in [0.05, 0.1) is 22.5 Å². The van der Waals surface area contributed by atoms with E-state index in [9.17, 15) is 14.4 Å². The van der Waals surface area contributed by atoms with Crippen LogP contribution in [-0.4, -0.2) is 30.0 Å². The molecule has 1 saturated carbocycles. The molecular formula is C22H22Cl2N4O3. The van der Waals surface area contributed by atoms with Gasteiger partial charge in [-0.25, -0.2) is 5.43 Å². The van der Waals surface area contributed by atoms with Gasteiger partial charge in [0.1, 0.15) is 0 Å². The van der Waals surface area contributed by atoms with Gasteiger partial charge in [0.2, 0.25) is 0 Å². The van der Waals surface area contributed by atoms with E-state index >= 15 is 0 Å². The van der Waals surface area contributed by atoms with Crippen LogP contribution >= 0.6 is 23.2 Å². The maximum atomic E-state index is 12.7. The van der Waals surface area contributed by atoms with Crippen molar-refractivity contribution in [1.82, 2.24) is 10.7 Å². The molecule has 0 saturated heterocycles. The van der Waals surface area contributed by atoms with Crippen molar-refractivity contribution in [3.8, 4) is 0 Å². The first-order chi connectivity index (χ1) is 14.9. The zero-order valence-electron chi connectivity index (χ0n) is 16.7. The fraction of sp³-hybridized carbons (Fsp3) is 0.273. The fourth-order valence-electron chi connectivity index (χ4n) is 3.30. The summed E-state index contributed by atoms with van der Waals surface area (Å²) in [7, 11) is 0. The molecule has 0 spiro atoms. The quantitative estimate of drug-likeness (QED) is 0.355. The van der Waals surface area contributed by atoms with E-state index in [2.05, 4.69) is 21.2 Å². The molecule has 3 amide bonds. The van der Waals surface area contributed by atoms with Gasteiger partial charge in [0.15, 0.2) is 0 Å². The van der Waals surface area contributed by atoms with Crippen LogP contribution in [0.4, 0.5) is 5.69 Å². The molecule has 2 aromatic rings. The highest BCUT2D eigenvalue weighted by Gasteiger charge is 2.20. The lowest BCUT2D eigenvalue weighted by molar-refractivity contribution is -0.136. The number of hydrazone groups is 1. The van der Waals surface area contributed by atoms with Crippen LogP contribution < -0.4 is 16.1 Å². The summed E-state index contributed by atoms with van der Waals surface area (Å²) in [6.45, 7) is 0. The number of hydrogen-bond acceptors (Lipinski definition) is 4. The van der Waals surface area contributed by atoms with Crippen LogP contribution in [0.15, 0.2) is 47.6 Å². The molecule has 1 aliphatic rings. The first-order valence-corrected chi connectivity index (χ1v) is 10.7. The zero-order valence-corrected chi connectivity index (χ0v) is 18.2. The van der Waals surface area contributed by atoms with Crippen LogP contribution in [0.2, 0.25) is 10.0 Å². The van der Waals surface area contributed by atoms with Crippen molar-refractivity contribution in [2.24, 2.45) is 5.10 Å².